The number of hydrogen-bond donors (Lipinski definition) is 1. The van der Waals surface area contributed by atoms with Crippen LogP contribution in [0.5, 0.6) is 5.75 Å². The quantitative estimate of drug-likeness (QED) is 0.840. The largest absolute Gasteiger partial charge is 0.435 e. The fourth-order valence-electron chi connectivity index (χ4n) is 1.85. The van der Waals surface area contributed by atoms with Gasteiger partial charge in [-0.15, -0.1) is 0 Å². The number of hydrogen-bond acceptors (Lipinski definition) is 4. The highest BCUT2D eigenvalue weighted by Crippen LogP contribution is 2.22. The highest BCUT2D eigenvalue weighted by molar-refractivity contribution is 6.29. The second-order valence-corrected chi connectivity index (χ2v) is 4.82. The number of nitrogens with zero attached hydrogens (tertiary/aromatic N) is 2. The first-order valence-electron chi connectivity index (χ1n) is 6.26. The summed E-state index contributed by atoms with van der Waals surface area (Å²) in [4.78, 5) is 8.21. The normalized spacial score (nSPS) is 12.3. The molecular weight excluding hydrogens is 300 g/mol. The van der Waals surface area contributed by atoms with Crippen LogP contribution in [0.2, 0.25) is 5.15 Å². The van der Waals surface area contributed by atoms with Gasteiger partial charge in [0, 0.05) is 12.1 Å². The maximum Gasteiger partial charge on any atom is 0.387 e. The van der Waals surface area contributed by atoms with Gasteiger partial charge in [-0.2, -0.15) is 8.78 Å². The highest BCUT2D eigenvalue weighted by Gasteiger charge is 2.09. The molecule has 1 aromatic carbocycles. The fraction of sp³-hybridized carbons (Fsp3) is 0.286. The molecule has 0 bridgehead atoms. The molecule has 0 aliphatic heterocycles. The van der Waals surface area contributed by atoms with E-state index in [0.29, 0.717) is 16.8 Å². The third-order valence-electron chi connectivity index (χ3n) is 2.78. The van der Waals surface area contributed by atoms with Gasteiger partial charge in [-0.1, -0.05) is 23.7 Å². The minimum Gasteiger partial charge on any atom is -0.435 e. The van der Waals surface area contributed by atoms with Crippen LogP contribution in [0, 0.1) is 6.92 Å². The molecule has 0 saturated carbocycles. The molecule has 0 aliphatic carbocycles. The summed E-state index contributed by atoms with van der Waals surface area (Å²) >= 11 is 5.87. The van der Waals surface area contributed by atoms with E-state index in [9.17, 15) is 8.78 Å². The smallest absolute Gasteiger partial charge is 0.387 e. The second-order valence-electron chi connectivity index (χ2n) is 4.44. The van der Waals surface area contributed by atoms with Crippen LogP contribution in [0.25, 0.3) is 0 Å². The third-order valence-corrected chi connectivity index (χ3v) is 2.97. The lowest BCUT2D eigenvalue weighted by Gasteiger charge is -2.16. The number of ether oxygens (including phenoxy) is 1. The summed E-state index contributed by atoms with van der Waals surface area (Å²) in [5.41, 5.74) is 0.906. The molecule has 1 heterocycles. The lowest BCUT2D eigenvalue weighted by molar-refractivity contribution is -0.0498. The molecular formula is C14H14ClF2N3O. The van der Waals surface area contributed by atoms with Gasteiger partial charge >= 0.3 is 6.61 Å². The first-order chi connectivity index (χ1) is 9.94. The highest BCUT2D eigenvalue weighted by atomic mass is 35.5. The van der Waals surface area contributed by atoms with Crippen molar-refractivity contribution in [2.24, 2.45) is 0 Å². The summed E-state index contributed by atoms with van der Waals surface area (Å²) in [5, 5.41) is 3.53. The zero-order chi connectivity index (χ0) is 15.4. The molecule has 0 fully saturated rings. The number of halogens is 3. The van der Waals surface area contributed by atoms with Crippen molar-refractivity contribution in [3.05, 3.63) is 46.9 Å². The van der Waals surface area contributed by atoms with Crippen molar-refractivity contribution in [1.82, 2.24) is 9.97 Å². The number of rotatable bonds is 5. The van der Waals surface area contributed by atoms with Crippen molar-refractivity contribution in [1.29, 1.82) is 0 Å². The van der Waals surface area contributed by atoms with Gasteiger partial charge in [0.25, 0.3) is 0 Å². The van der Waals surface area contributed by atoms with Crippen molar-refractivity contribution in [2.45, 2.75) is 26.5 Å². The van der Waals surface area contributed by atoms with Crippen molar-refractivity contribution < 1.29 is 13.5 Å². The number of aryl methyl sites for hydroxylation is 1. The standard InChI is InChI=1S/C14H14ClF2N3O/c1-8(18-13-7-12(15)19-9(2)20-13)10-3-5-11(6-4-10)21-14(16)17/h3-8,14H,1-2H3,(H,18,19,20). The maximum absolute atomic E-state index is 12.1. The molecule has 1 unspecified atom stereocenters. The van der Waals surface area contributed by atoms with Gasteiger partial charge in [0.15, 0.2) is 0 Å². The Morgan fingerprint density at radius 1 is 1.19 bits per heavy atom. The number of benzene rings is 1. The van der Waals surface area contributed by atoms with Crippen molar-refractivity contribution >= 4 is 17.4 Å². The van der Waals surface area contributed by atoms with Gasteiger partial charge in [-0.3, -0.25) is 0 Å². The molecule has 2 aromatic rings. The predicted octanol–water partition coefficient (Wildman–Crippen LogP) is 4.21. The number of anilines is 1. The fourth-order valence-corrected chi connectivity index (χ4v) is 2.07. The zero-order valence-electron chi connectivity index (χ0n) is 11.5. The van der Waals surface area contributed by atoms with Gasteiger partial charge < -0.3 is 10.1 Å². The maximum atomic E-state index is 12.1. The van der Waals surface area contributed by atoms with Crippen LogP contribution in [0.4, 0.5) is 14.6 Å². The third kappa shape index (κ3) is 4.53. The predicted molar refractivity (Wildman–Crippen MR) is 76.9 cm³/mol. The first-order valence-corrected chi connectivity index (χ1v) is 6.64. The Morgan fingerprint density at radius 2 is 1.86 bits per heavy atom. The summed E-state index contributed by atoms with van der Waals surface area (Å²) < 4.78 is 28.5. The Balaban J connectivity index is 2.07. The van der Waals surface area contributed by atoms with E-state index in [1.54, 1.807) is 25.1 Å². The summed E-state index contributed by atoms with van der Waals surface area (Å²) in [7, 11) is 0. The first kappa shape index (κ1) is 15.4. The van der Waals surface area contributed by atoms with E-state index in [4.69, 9.17) is 11.6 Å². The number of nitrogens with one attached hydrogen (secondary N) is 1. The van der Waals surface area contributed by atoms with Gasteiger partial charge in [-0.05, 0) is 31.5 Å². The van der Waals surface area contributed by atoms with E-state index in [0.717, 1.165) is 5.56 Å². The van der Waals surface area contributed by atoms with Crippen molar-refractivity contribution in [3.8, 4) is 5.75 Å². The molecule has 0 spiro atoms. The number of aromatic nitrogens is 2. The molecule has 0 saturated heterocycles. The Kier molecular flexibility index (Phi) is 4.90. The van der Waals surface area contributed by atoms with E-state index in [-0.39, 0.29) is 11.8 Å². The monoisotopic (exact) mass is 313 g/mol. The van der Waals surface area contributed by atoms with Crippen LogP contribution in [0.1, 0.15) is 24.4 Å². The van der Waals surface area contributed by atoms with Crippen LogP contribution in [0.15, 0.2) is 30.3 Å². The topological polar surface area (TPSA) is 47.0 Å². The average Bonchev–Trinajstić information content (AvgIpc) is 2.37. The molecule has 1 N–H and O–H groups in total. The molecule has 0 aliphatic rings. The van der Waals surface area contributed by atoms with Crippen molar-refractivity contribution in [3.63, 3.8) is 0 Å². The molecule has 1 aromatic heterocycles. The van der Waals surface area contributed by atoms with Gasteiger partial charge in [-0.25, -0.2) is 9.97 Å². The molecule has 0 radical (unpaired) electrons. The van der Waals surface area contributed by atoms with Crippen LogP contribution in [-0.2, 0) is 0 Å². The lowest BCUT2D eigenvalue weighted by Crippen LogP contribution is -2.09. The Hall–Kier alpha value is -1.95. The minimum absolute atomic E-state index is 0.0732. The van der Waals surface area contributed by atoms with Crippen LogP contribution in [0.3, 0.4) is 0 Å². The van der Waals surface area contributed by atoms with Crippen LogP contribution >= 0.6 is 11.6 Å². The second kappa shape index (κ2) is 6.67. The van der Waals surface area contributed by atoms with Crippen LogP contribution in [-0.4, -0.2) is 16.6 Å². The molecule has 112 valence electrons. The molecule has 2 rings (SSSR count). The summed E-state index contributed by atoms with van der Waals surface area (Å²) in [6, 6.07) is 7.97. The summed E-state index contributed by atoms with van der Waals surface area (Å²) in [6.45, 7) is 0.851. The van der Waals surface area contributed by atoms with Gasteiger partial charge in [0.1, 0.15) is 22.5 Å². The molecule has 0 amide bonds. The average molecular weight is 314 g/mol. The summed E-state index contributed by atoms with van der Waals surface area (Å²) in [5.74, 6) is 1.30. The Bertz CT molecular complexity index is 587. The van der Waals surface area contributed by atoms with Crippen LogP contribution < -0.4 is 10.1 Å². The van der Waals surface area contributed by atoms with E-state index < -0.39 is 6.61 Å². The van der Waals surface area contributed by atoms with E-state index in [1.165, 1.54) is 12.1 Å². The van der Waals surface area contributed by atoms with Gasteiger partial charge in [0.2, 0.25) is 0 Å². The molecule has 7 heteroatoms. The van der Waals surface area contributed by atoms with E-state index in [1.807, 2.05) is 6.92 Å². The van der Waals surface area contributed by atoms with Gasteiger partial charge in [0.05, 0.1) is 0 Å². The van der Waals surface area contributed by atoms with E-state index in [2.05, 4.69) is 20.0 Å². The zero-order valence-corrected chi connectivity index (χ0v) is 12.2. The Labute approximate surface area is 126 Å². The number of alkyl halides is 2. The van der Waals surface area contributed by atoms with Crippen molar-refractivity contribution in [2.75, 3.05) is 5.32 Å². The molecule has 4 nitrogen and oxygen atoms in total. The Morgan fingerprint density at radius 3 is 2.43 bits per heavy atom. The minimum atomic E-state index is -2.82. The SMILES string of the molecule is Cc1nc(Cl)cc(NC(C)c2ccc(OC(F)F)cc2)n1. The summed E-state index contributed by atoms with van der Waals surface area (Å²) in [6.07, 6.45) is 0. The molecule has 1 atom stereocenters. The van der Waals surface area contributed by atoms with E-state index >= 15 is 0 Å². The lowest BCUT2D eigenvalue weighted by atomic mass is 10.1. The molecule has 21 heavy (non-hydrogen) atoms.